The van der Waals surface area contributed by atoms with E-state index in [0.717, 1.165) is 10.6 Å². The Balaban J connectivity index is 2.06. The third kappa shape index (κ3) is 3.71. The lowest BCUT2D eigenvalue weighted by Gasteiger charge is -2.17. The van der Waals surface area contributed by atoms with Gasteiger partial charge in [0.25, 0.3) is 5.56 Å². The fourth-order valence-electron chi connectivity index (χ4n) is 2.99. The van der Waals surface area contributed by atoms with Gasteiger partial charge in [0.05, 0.1) is 16.6 Å². The minimum atomic E-state index is -0.678. The number of halogens is 2. The van der Waals surface area contributed by atoms with Crippen molar-refractivity contribution in [1.29, 1.82) is 0 Å². The smallest absolute Gasteiger partial charge is 0.322 e. The summed E-state index contributed by atoms with van der Waals surface area (Å²) >= 11 is 5.71. The van der Waals surface area contributed by atoms with E-state index in [4.69, 9.17) is 11.6 Å². The molecule has 1 atom stereocenters. The standard InChI is InChI=1S/C20H19ClFN3O3/c1-3-12(2)25-19(27)14-6-4-5-7-17(14)24(20(25)28)11-18(26)23-16-9-8-13(21)10-15(16)22/h4-10,12H,3,11H2,1-2H3,(H,23,26)/t12-/m1/s1. The maximum absolute atomic E-state index is 13.9. The van der Waals surface area contributed by atoms with Crippen LogP contribution in [0.5, 0.6) is 0 Å². The van der Waals surface area contributed by atoms with Crippen molar-refractivity contribution in [3.8, 4) is 0 Å². The lowest BCUT2D eigenvalue weighted by molar-refractivity contribution is -0.116. The van der Waals surface area contributed by atoms with Crippen LogP contribution in [-0.2, 0) is 11.3 Å². The third-order valence-electron chi connectivity index (χ3n) is 4.62. The summed E-state index contributed by atoms with van der Waals surface area (Å²) in [4.78, 5) is 38.2. The van der Waals surface area contributed by atoms with Crippen LogP contribution in [0.25, 0.3) is 10.9 Å². The first kappa shape index (κ1) is 19.8. The second kappa shape index (κ2) is 7.98. The molecule has 0 unspecified atom stereocenters. The molecule has 0 spiro atoms. The zero-order valence-electron chi connectivity index (χ0n) is 15.4. The van der Waals surface area contributed by atoms with Gasteiger partial charge in [-0.15, -0.1) is 0 Å². The maximum Gasteiger partial charge on any atom is 0.332 e. The molecule has 8 heteroatoms. The number of hydrogen-bond acceptors (Lipinski definition) is 3. The molecule has 1 aromatic heterocycles. The fraction of sp³-hybridized carbons (Fsp3) is 0.250. The second-order valence-corrected chi connectivity index (χ2v) is 6.93. The van der Waals surface area contributed by atoms with Gasteiger partial charge in [-0.05, 0) is 43.7 Å². The molecule has 1 amide bonds. The fourth-order valence-corrected chi connectivity index (χ4v) is 3.15. The second-order valence-electron chi connectivity index (χ2n) is 6.49. The van der Waals surface area contributed by atoms with E-state index in [1.54, 1.807) is 31.2 Å². The summed E-state index contributed by atoms with van der Waals surface area (Å²) in [6, 6.07) is 10.2. The van der Waals surface area contributed by atoms with Crippen LogP contribution in [0.4, 0.5) is 10.1 Å². The van der Waals surface area contributed by atoms with E-state index < -0.39 is 23.0 Å². The van der Waals surface area contributed by atoms with Crippen LogP contribution >= 0.6 is 11.6 Å². The Morgan fingerprint density at radius 1 is 1.21 bits per heavy atom. The van der Waals surface area contributed by atoms with Gasteiger partial charge in [-0.2, -0.15) is 0 Å². The van der Waals surface area contributed by atoms with Crippen LogP contribution in [0, 0.1) is 5.82 Å². The van der Waals surface area contributed by atoms with Crippen LogP contribution in [0.2, 0.25) is 5.02 Å². The summed E-state index contributed by atoms with van der Waals surface area (Å²) < 4.78 is 16.3. The summed E-state index contributed by atoms with van der Waals surface area (Å²) in [7, 11) is 0. The predicted molar refractivity (Wildman–Crippen MR) is 108 cm³/mol. The number of para-hydroxylation sites is 1. The van der Waals surface area contributed by atoms with Gasteiger partial charge in [0, 0.05) is 11.1 Å². The van der Waals surface area contributed by atoms with Gasteiger partial charge in [0.2, 0.25) is 5.91 Å². The van der Waals surface area contributed by atoms with E-state index in [0.29, 0.717) is 17.3 Å². The van der Waals surface area contributed by atoms with Crippen molar-refractivity contribution in [3.63, 3.8) is 0 Å². The zero-order chi connectivity index (χ0) is 20.4. The van der Waals surface area contributed by atoms with Gasteiger partial charge in [0.15, 0.2) is 0 Å². The van der Waals surface area contributed by atoms with Gasteiger partial charge in [0.1, 0.15) is 12.4 Å². The van der Waals surface area contributed by atoms with E-state index >= 15 is 0 Å². The topological polar surface area (TPSA) is 73.1 Å². The summed E-state index contributed by atoms with van der Waals surface area (Å²) in [5, 5.41) is 2.98. The molecule has 0 saturated carbocycles. The molecule has 0 fully saturated rings. The number of anilines is 1. The zero-order valence-corrected chi connectivity index (χ0v) is 16.2. The van der Waals surface area contributed by atoms with Gasteiger partial charge in [-0.3, -0.25) is 18.7 Å². The summed E-state index contributed by atoms with van der Waals surface area (Å²) in [6.07, 6.45) is 0.579. The summed E-state index contributed by atoms with van der Waals surface area (Å²) in [5.74, 6) is -1.27. The Labute approximate surface area is 165 Å². The first-order valence-electron chi connectivity index (χ1n) is 8.82. The lowest BCUT2D eigenvalue weighted by Crippen LogP contribution is -2.43. The number of carbonyl (C=O) groups excluding carboxylic acids is 1. The highest BCUT2D eigenvalue weighted by Crippen LogP contribution is 2.19. The van der Waals surface area contributed by atoms with Crippen molar-refractivity contribution in [2.45, 2.75) is 32.9 Å². The molecule has 0 aliphatic rings. The Bertz CT molecular complexity index is 1170. The number of benzene rings is 2. The van der Waals surface area contributed by atoms with Gasteiger partial charge < -0.3 is 5.32 Å². The highest BCUT2D eigenvalue weighted by atomic mass is 35.5. The SMILES string of the molecule is CC[C@@H](C)n1c(=O)c2ccccc2n(CC(=O)Nc2ccc(Cl)cc2F)c1=O. The van der Waals surface area contributed by atoms with Crippen molar-refractivity contribution >= 4 is 34.1 Å². The van der Waals surface area contributed by atoms with E-state index in [1.165, 1.54) is 16.7 Å². The summed E-state index contributed by atoms with van der Waals surface area (Å²) in [5.41, 5.74) is -0.661. The molecule has 0 saturated heterocycles. The van der Waals surface area contributed by atoms with E-state index in [2.05, 4.69) is 5.32 Å². The van der Waals surface area contributed by atoms with E-state index in [9.17, 15) is 18.8 Å². The molecule has 1 heterocycles. The van der Waals surface area contributed by atoms with E-state index in [-0.39, 0.29) is 23.3 Å². The highest BCUT2D eigenvalue weighted by molar-refractivity contribution is 6.30. The van der Waals surface area contributed by atoms with Crippen LogP contribution in [0.3, 0.4) is 0 Å². The third-order valence-corrected chi connectivity index (χ3v) is 4.85. The van der Waals surface area contributed by atoms with Gasteiger partial charge >= 0.3 is 5.69 Å². The molecule has 0 radical (unpaired) electrons. The molecular weight excluding hydrogens is 385 g/mol. The van der Waals surface area contributed by atoms with Gasteiger partial charge in [-0.1, -0.05) is 30.7 Å². The first-order valence-corrected chi connectivity index (χ1v) is 9.20. The Morgan fingerprint density at radius 3 is 2.61 bits per heavy atom. The van der Waals surface area contributed by atoms with Gasteiger partial charge in [-0.25, -0.2) is 9.18 Å². The number of hydrogen-bond donors (Lipinski definition) is 1. The predicted octanol–water partition coefficient (Wildman–Crippen LogP) is 3.57. The van der Waals surface area contributed by atoms with Crippen LogP contribution in [0.1, 0.15) is 26.3 Å². The average Bonchev–Trinajstić information content (AvgIpc) is 2.67. The molecule has 2 aromatic carbocycles. The largest absolute Gasteiger partial charge is 0.332 e. The number of aromatic nitrogens is 2. The first-order chi connectivity index (χ1) is 13.3. The Morgan fingerprint density at radius 2 is 1.93 bits per heavy atom. The minimum Gasteiger partial charge on any atom is -0.322 e. The number of fused-ring (bicyclic) bond motifs is 1. The van der Waals surface area contributed by atoms with Crippen molar-refractivity contribution in [3.05, 3.63) is 74.1 Å². The molecule has 0 aliphatic heterocycles. The molecule has 6 nitrogen and oxygen atoms in total. The lowest BCUT2D eigenvalue weighted by atomic mass is 10.2. The maximum atomic E-state index is 13.9. The normalized spacial score (nSPS) is 12.1. The molecule has 0 aliphatic carbocycles. The number of nitrogens with zero attached hydrogens (tertiary/aromatic N) is 2. The molecule has 1 N–H and O–H groups in total. The number of carbonyl (C=O) groups is 1. The summed E-state index contributed by atoms with van der Waals surface area (Å²) in [6.45, 7) is 3.27. The van der Waals surface area contributed by atoms with Crippen molar-refractivity contribution in [2.24, 2.45) is 0 Å². The Hall–Kier alpha value is -2.93. The van der Waals surface area contributed by atoms with Crippen LogP contribution in [0.15, 0.2) is 52.1 Å². The quantitative estimate of drug-likeness (QED) is 0.707. The van der Waals surface area contributed by atoms with Crippen molar-refractivity contribution in [2.75, 3.05) is 5.32 Å². The highest BCUT2D eigenvalue weighted by Gasteiger charge is 2.18. The number of rotatable bonds is 5. The number of nitrogens with one attached hydrogen (secondary N) is 1. The molecule has 0 bridgehead atoms. The molecule has 3 rings (SSSR count). The monoisotopic (exact) mass is 403 g/mol. The molecule has 3 aromatic rings. The molecule has 146 valence electrons. The van der Waals surface area contributed by atoms with Crippen molar-refractivity contribution < 1.29 is 9.18 Å². The van der Waals surface area contributed by atoms with Crippen molar-refractivity contribution in [1.82, 2.24) is 9.13 Å². The van der Waals surface area contributed by atoms with E-state index in [1.807, 2.05) is 6.92 Å². The minimum absolute atomic E-state index is 0.0398. The Kier molecular flexibility index (Phi) is 5.65. The van der Waals surface area contributed by atoms with Crippen LogP contribution < -0.4 is 16.6 Å². The number of amides is 1. The van der Waals surface area contributed by atoms with Crippen LogP contribution in [-0.4, -0.2) is 15.0 Å². The molecule has 28 heavy (non-hydrogen) atoms. The molecular formula is C20H19ClFN3O3. The average molecular weight is 404 g/mol.